The van der Waals surface area contributed by atoms with Gasteiger partial charge in [-0.05, 0) is 25.0 Å². The van der Waals surface area contributed by atoms with E-state index in [0.717, 1.165) is 25.7 Å². The molecule has 0 unspecified atom stereocenters. The maximum absolute atomic E-state index is 12.0. The van der Waals surface area contributed by atoms with Crippen LogP contribution in [0.4, 0.5) is 10.5 Å². The molecule has 1 rings (SSSR count). The summed E-state index contributed by atoms with van der Waals surface area (Å²) in [6.07, 6.45) is 3.74. The van der Waals surface area contributed by atoms with Gasteiger partial charge in [0.15, 0.2) is 0 Å². The van der Waals surface area contributed by atoms with Crippen molar-refractivity contribution < 1.29 is 14.3 Å². The van der Waals surface area contributed by atoms with Crippen molar-refractivity contribution in [3.05, 3.63) is 29.8 Å². The lowest BCUT2D eigenvalue weighted by atomic mass is 10.2. The van der Waals surface area contributed by atoms with Crippen LogP contribution >= 0.6 is 0 Å². The SMILES string of the molecule is CCCCNC(=O)Nc1ccccc1C(=O)OCCCC. The van der Waals surface area contributed by atoms with Crippen molar-refractivity contribution >= 4 is 17.7 Å². The lowest BCUT2D eigenvalue weighted by molar-refractivity contribution is 0.0501. The fourth-order valence-corrected chi connectivity index (χ4v) is 1.70. The monoisotopic (exact) mass is 292 g/mol. The van der Waals surface area contributed by atoms with Gasteiger partial charge in [-0.15, -0.1) is 0 Å². The van der Waals surface area contributed by atoms with Crippen LogP contribution < -0.4 is 10.6 Å². The molecular formula is C16H24N2O3. The Morgan fingerprint density at radius 2 is 1.81 bits per heavy atom. The molecule has 116 valence electrons. The van der Waals surface area contributed by atoms with Crippen LogP contribution in [0.5, 0.6) is 0 Å². The predicted molar refractivity (Wildman–Crippen MR) is 83.6 cm³/mol. The molecule has 5 heteroatoms. The van der Waals surface area contributed by atoms with Crippen molar-refractivity contribution in [3.8, 4) is 0 Å². The lowest BCUT2D eigenvalue weighted by Gasteiger charge is -2.11. The van der Waals surface area contributed by atoms with Crippen LogP contribution in [-0.4, -0.2) is 25.2 Å². The molecule has 1 aromatic rings. The van der Waals surface area contributed by atoms with Gasteiger partial charge in [-0.1, -0.05) is 38.8 Å². The zero-order valence-corrected chi connectivity index (χ0v) is 12.8. The summed E-state index contributed by atoms with van der Waals surface area (Å²) < 4.78 is 5.18. The first-order valence-corrected chi connectivity index (χ1v) is 7.50. The average Bonchev–Trinajstić information content (AvgIpc) is 2.48. The third kappa shape index (κ3) is 6.29. The highest BCUT2D eigenvalue weighted by atomic mass is 16.5. The molecule has 5 nitrogen and oxygen atoms in total. The highest BCUT2D eigenvalue weighted by Crippen LogP contribution is 2.16. The molecule has 2 amide bonds. The molecule has 0 radical (unpaired) electrons. The van der Waals surface area contributed by atoms with E-state index >= 15 is 0 Å². The summed E-state index contributed by atoms with van der Waals surface area (Å²) >= 11 is 0. The van der Waals surface area contributed by atoms with Crippen LogP contribution in [0.3, 0.4) is 0 Å². The highest BCUT2D eigenvalue weighted by Gasteiger charge is 2.13. The number of nitrogens with one attached hydrogen (secondary N) is 2. The number of rotatable bonds is 8. The van der Waals surface area contributed by atoms with Crippen molar-refractivity contribution in [1.29, 1.82) is 0 Å². The Kier molecular flexibility index (Phi) is 7.94. The third-order valence-electron chi connectivity index (χ3n) is 2.94. The topological polar surface area (TPSA) is 67.4 Å². The Morgan fingerprint density at radius 3 is 2.52 bits per heavy atom. The second kappa shape index (κ2) is 9.80. The summed E-state index contributed by atoms with van der Waals surface area (Å²) in [5.74, 6) is -0.409. The number of carbonyl (C=O) groups excluding carboxylic acids is 2. The molecule has 1 aromatic carbocycles. The molecular weight excluding hydrogens is 268 g/mol. The van der Waals surface area contributed by atoms with Crippen LogP contribution in [0.25, 0.3) is 0 Å². The molecule has 0 aliphatic rings. The number of unbranched alkanes of at least 4 members (excludes halogenated alkanes) is 2. The second-order valence-corrected chi connectivity index (χ2v) is 4.77. The number of hydrogen-bond acceptors (Lipinski definition) is 3. The molecule has 0 saturated heterocycles. The maximum Gasteiger partial charge on any atom is 0.340 e. The van der Waals surface area contributed by atoms with Gasteiger partial charge >= 0.3 is 12.0 Å². The van der Waals surface area contributed by atoms with E-state index in [1.165, 1.54) is 0 Å². The summed E-state index contributed by atoms with van der Waals surface area (Å²) in [6.45, 7) is 5.10. The number of benzene rings is 1. The van der Waals surface area contributed by atoms with Crippen molar-refractivity contribution in [2.45, 2.75) is 39.5 Å². The summed E-state index contributed by atoms with van der Waals surface area (Å²) in [7, 11) is 0. The molecule has 21 heavy (non-hydrogen) atoms. The summed E-state index contributed by atoms with van der Waals surface area (Å²) in [5.41, 5.74) is 0.840. The molecule has 0 atom stereocenters. The number of para-hydroxylation sites is 1. The van der Waals surface area contributed by atoms with Crippen molar-refractivity contribution in [2.75, 3.05) is 18.5 Å². The summed E-state index contributed by atoms with van der Waals surface area (Å²) in [5, 5.41) is 5.44. The van der Waals surface area contributed by atoms with Gasteiger partial charge in [0, 0.05) is 6.54 Å². The zero-order valence-electron chi connectivity index (χ0n) is 12.8. The quantitative estimate of drug-likeness (QED) is 0.568. The van der Waals surface area contributed by atoms with Crippen LogP contribution in [0, 0.1) is 0 Å². The Bertz CT molecular complexity index is 461. The minimum absolute atomic E-state index is 0.308. The van der Waals surface area contributed by atoms with E-state index in [0.29, 0.717) is 24.4 Å². The van der Waals surface area contributed by atoms with E-state index in [4.69, 9.17) is 4.74 Å². The normalized spacial score (nSPS) is 10.0. The number of carbonyl (C=O) groups is 2. The Balaban J connectivity index is 2.61. The Labute approximate surface area is 126 Å². The molecule has 0 aliphatic carbocycles. The van der Waals surface area contributed by atoms with Gasteiger partial charge in [0.1, 0.15) is 0 Å². The van der Waals surface area contributed by atoms with Gasteiger partial charge in [-0.3, -0.25) is 0 Å². The van der Waals surface area contributed by atoms with E-state index < -0.39 is 5.97 Å². The molecule has 0 saturated carbocycles. The predicted octanol–water partition coefficient (Wildman–Crippen LogP) is 3.57. The van der Waals surface area contributed by atoms with Crippen molar-refractivity contribution in [3.63, 3.8) is 0 Å². The molecule has 0 aliphatic heterocycles. The van der Waals surface area contributed by atoms with Crippen LogP contribution in [0.15, 0.2) is 24.3 Å². The fraction of sp³-hybridized carbons (Fsp3) is 0.500. The van der Waals surface area contributed by atoms with Gasteiger partial charge in [0.2, 0.25) is 0 Å². The smallest absolute Gasteiger partial charge is 0.340 e. The van der Waals surface area contributed by atoms with Crippen LogP contribution in [0.1, 0.15) is 49.9 Å². The van der Waals surface area contributed by atoms with Gasteiger partial charge in [-0.25, -0.2) is 9.59 Å². The van der Waals surface area contributed by atoms with Crippen molar-refractivity contribution in [2.24, 2.45) is 0 Å². The zero-order chi connectivity index (χ0) is 15.5. The highest BCUT2D eigenvalue weighted by molar-refractivity contribution is 6.00. The van der Waals surface area contributed by atoms with Gasteiger partial charge in [0.25, 0.3) is 0 Å². The standard InChI is InChI=1S/C16H24N2O3/c1-3-5-11-17-16(20)18-14-10-8-7-9-13(14)15(19)21-12-6-4-2/h7-10H,3-6,11-12H2,1-2H3,(H2,17,18,20). The Hall–Kier alpha value is -2.04. The molecule has 0 aromatic heterocycles. The molecule has 0 bridgehead atoms. The van der Waals surface area contributed by atoms with E-state index in [-0.39, 0.29) is 6.03 Å². The first-order valence-electron chi connectivity index (χ1n) is 7.50. The maximum atomic E-state index is 12.0. The fourth-order valence-electron chi connectivity index (χ4n) is 1.70. The summed E-state index contributed by atoms with van der Waals surface area (Å²) in [6, 6.07) is 6.55. The van der Waals surface area contributed by atoms with Gasteiger partial charge in [-0.2, -0.15) is 0 Å². The van der Waals surface area contributed by atoms with E-state index in [2.05, 4.69) is 17.6 Å². The van der Waals surface area contributed by atoms with Gasteiger partial charge < -0.3 is 15.4 Å². The largest absolute Gasteiger partial charge is 0.462 e. The molecule has 0 fully saturated rings. The first kappa shape index (κ1) is 17.0. The van der Waals surface area contributed by atoms with Crippen molar-refractivity contribution in [1.82, 2.24) is 5.32 Å². The second-order valence-electron chi connectivity index (χ2n) is 4.77. The number of hydrogen-bond donors (Lipinski definition) is 2. The van der Waals surface area contributed by atoms with E-state index in [1.54, 1.807) is 24.3 Å². The number of anilines is 1. The van der Waals surface area contributed by atoms with E-state index in [9.17, 15) is 9.59 Å². The lowest BCUT2D eigenvalue weighted by Crippen LogP contribution is -2.30. The Morgan fingerprint density at radius 1 is 1.10 bits per heavy atom. The molecule has 2 N–H and O–H groups in total. The number of esters is 1. The number of amides is 2. The van der Waals surface area contributed by atoms with Crippen LogP contribution in [-0.2, 0) is 4.74 Å². The minimum Gasteiger partial charge on any atom is -0.462 e. The minimum atomic E-state index is -0.409. The van der Waals surface area contributed by atoms with E-state index in [1.807, 2.05) is 6.92 Å². The average molecular weight is 292 g/mol. The molecule has 0 spiro atoms. The third-order valence-corrected chi connectivity index (χ3v) is 2.94. The number of urea groups is 1. The first-order chi connectivity index (χ1) is 10.2. The molecule has 0 heterocycles. The van der Waals surface area contributed by atoms with Crippen LogP contribution in [0.2, 0.25) is 0 Å². The van der Waals surface area contributed by atoms with Gasteiger partial charge in [0.05, 0.1) is 17.9 Å². The number of ether oxygens (including phenoxy) is 1. The summed E-state index contributed by atoms with van der Waals surface area (Å²) in [4.78, 5) is 23.7.